The number of hydrogen-bond donors (Lipinski definition) is 1. The van der Waals surface area contributed by atoms with Gasteiger partial charge in [-0.05, 0) is 51.4 Å². The summed E-state index contributed by atoms with van der Waals surface area (Å²) in [7, 11) is 2.21. The second-order valence-corrected chi connectivity index (χ2v) is 8.73. The summed E-state index contributed by atoms with van der Waals surface area (Å²) < 4.78 is 2.00. The molecule has 0 aromatic carbocycles. The molecule has 5 heterocycles. The second kappa shape index (κ2) is 6.97. The van der Waals surface area contributed by atoms with Gasteiger partial charge in [-0.1, -0.05) is 0 Å². The van der Waals surface area contributed by atoms with Crippen molar-refractivity contribution in [1.29, 1.82) is 0 Å². The molecule has 2 aromatic heterocycles. The predicted molar refractivity (Wildman–Crippen MR) is 109 cm³/mol. The fraction of sp³-hybridized carbons (Fsp3) is 0.571. The zero-order valence-corrected chi connectivity index (χ0v) is 16.4. The quantitative estimate of drug-likeness (QED) is 0.848. The lowest BCUT2D eigenvalue weighted by molar-refractivity contribution is 0.0517. The summed E-state index contributed by atoms with van der Waals surface area (Å²) in [6.07, 6.45) is 5.14. The Morgan fingerprint density at radius 3 is 2.68 bits per heavy atom. The monoisotopic (exact) mass is 380 g/mol. The van der Waals surface area contributed by atoms with E-state index < -0.39 is 0 Å². The fourth-order valence-electron chi connectivity index (χ4n) is 5.33. The van der Waals surface area contributed by atoms with E-state index in [1.54, 1.807) is 12.1 Å². The van der Waals surface area contributed by atoms with Crippen LogP contribution >= 0.6 is 0 Å². The summed E-state index contributed by atoms with van der Waals surface area (Å²) in [5.41, 5.74) is 8.62. The maximum atomic E-state index is 12.9. The smallest absolute Gasteiger partial charge is 0.251 e. The van der Waals surface area contributed by atoms with Crippen molar-refractivity contribution in [3.63, 3.8) is 0 Å². The minimum atomic E-state index is 0.0760. The van der Waals surface area contributed by atoms with Crippen LogP contribution in [0.1, 0.15) is 30.9 Å². The molecule has 2 fully saturated rings. The molecule has 28 heavy (non-hydrogen) atoms. The third-order valence-electron chi connectivity index (χ3n) is 6.77. The number of nitrogens with two attached hydrogens (primary N) is 1. The highest BCUT2D eigenvalue weighted by Crippen LogP contribution is 2.38. The van der Waals surface area contributed by atoms with E-state index in [1.807, 2.05) is 4.57 Å². The van der Waals surface area contributed by atoms with Crippen LogP contribution in [0.15, 0.2) is 29.3 Å². The van der Waals surface area contributed by atoms with Gasteiger partial charge in [0.15, 0.2) is 0 Å². The Bertz CT molecular complexity index is 933. The molecule has 2 N–H and O–H groups in total. The van der Waals surface area contributed by atoms with Crippen LogP contribution in [-0.2, 0) is 6.54 Å². The van der Waals surface area contributed by atoms with Crippen LogP contribution in [0.2, 0.25) is 0 Å². The van der Waals surface area contributed by atoms with E-state index in [-0.39, 0.29) is 5.56 Å². The van der Waals surface area contributed by atoms with E-state index in [2.05, 4.69) is 32.9 Å². The van der Waals surface area contributed by atoms with Crippen molar-refractivity contribution in [2.24, 2.45) is 5.92 Å². The number of piperidine rings is 2. The molecular formula is C21H28N6O. The van der Waals surface area contributed by atoms with Gasteiger partial charge in [0.25, 0.3) is 5.56 Å². The van der Waals surface area contributed by atoms with Crippen molar-refractivity contribution in [2.75, 3.05) is 39.0 Å². The fourth-order valence-corrected chi connectivity index (χ4v) is 5.33. The first-order valence-electron chi connectivity index (χ1n) is 10.3. The molecule has 2 atom stereocenters. The first kappa shape index (κ1) is 17.8. The van der Waals surface area contributed by atoms with Crippen LogP contribution in [0.4, 0.5) is 5.82 Å². The van der Waals surface area contributed by atoms with Crippen LogP contribution in [0.3, 0.4) is 0 Å². The minimum absolute atomic E-state index is 0.0760. The number of anilines is 1. The van der Waals surface area contributed by atoms with Crippen molar-refractivity contribution in [3.05, 3.63) is 40.6 Å². The number of pyridine rings is 1. The average Bonchev–Trinajstić information content (AvgIpc) is 2.69. The number of nitrogen functional groups attached to an aromatic ring is 1. The molecule has 3 aliphatic heterocycles. The summed E-state index contributed by atoms with van der Waals surface area (Å²) in [4.78, 5) is 26.3. The molecule has 148 valence electrons. The Morgan fingerprint density at radius 2 is 1.89 bits per heavy atom. The van der Waals surface area contributed by atoms with Crippen LogP contribution in [-0.4, -0.2) is 63.6 Å². The van der Waals surface area contributed by atoms with Gasteiger partial charge in [-0.25, -0.2) is 9.97 Å². The van der Waals surface area contributed by atoms with Crippen molar-refractivity contribution in [2.45, 2.75) is 37.8 Å². The number of hydrogen-bond acceptors (Lipinski definition) is 6. The van der Waals surface area contributed by atoms with Gasteiger partial charge in [0, 0.05) is 55.0 Å². The Kier molecular flexibility index (Phi) is 4.44. The summed E-state index contributed by atoms with van der Waals surface area (Å²) in [5, 5.41) is 0. The molecule has 0 unspecified atom stereocenters. The minimum Gasteiger partial charge on any atom is -0.384 e. The molecular weight excluding hydrogens is 352 g/mol. The molecule has 0 radical (unpaired) electrons. The summed E-state index contributed by atoms with van der Waals surface area (Å²) in [6, 6.07) is 6.27. The van der Waals surface area contributed by atoms with Crippen molar-refractivity contribution < 1.29 is 0 Å². The molecule has 0 aliphatic carbocycles. The van der Waals surface area contributed by atoms with E-state index in [4.69, 9.17) is 5.73 Å². The highest BCUT2D eigenvalue weighted by Gasteiger charge is 2.37. The topological polar surface area (TPSA) is 80.3 Å². The van der Waals surface area contributed by atoms with Crippen molar-refractivity contribution >= 4 is 5.82 Å². The van der Waals surface area contributed by atoms with Gasteiger partial charge in [0.05, 0.1) is 5.69 Å². The average molecular weight is 380 g/mol. The first-order valence-corrected chi connectivity index (χ1v) is 10.3. The number of likely N-dealkylation sites (tertiary alicyclic amines) is 2. The zero-order chi connectivity index (χ0) is 19.3. The number of aromatic nitrogens is 3. The summed E-state index contributed by atoms with van der Waals surface area (Å²) in [6.45, 7) is 5.39. The highest BCUT2D eigenvalue weighted by molar-refractivity contribution is 5.61. The third kappa shape index (κ3) is 3.22. The molecule has 2 saturated heterocycles. The predicted octanol–water partition coefficient (Wildman–Crippen LogP) is 1.40. The van der Waals surface area contributed by atoms with Crippen LogP contribution in [0.5, 0.6) is 0 Å². The molecule has 0 amide bonds. The lowest BCUT2D eigenvalue weighted by atomic mass is 9.81. The molecule has 3 aliphatic rings. The Labute approximate surface area is 165 Å². The van der Waals surface area contributed by atoms with E-state index in [0.29, 0.717) is 23.7 Å². The lowest BCUT2D eigenvalue weighted by Crippen LogP contribution is -2.52. The number of rotatable bonds is 2. The molecule has 5 rings (SSSR count). The lowest BCUT2D eigenvalue weighted by Gasteiger charge is -2.47. The summed E-state index contributed by atoms with van der Waals surface area (Å²) in [5.74, 6) is 1.41. The maximum Gasteiger partial charge on any atom is 0.251 e. The van der Waals surface area contributed by atoms with Crippen LogP contribution in [0, 0.1) is 5.92 Å². The van der Waals surface area contributed by atoms with Gasteiger partial charge < -0.3 is 15.2 Å². The van der Waals surface area contributed by atoms with E-state index in [1.165, 1.54) is 38.7 Å². The molecule has 0 spiro atoms. The van der Waals surface area contributed by atoms with Gasteiger partial charge >= 0.3 is 0 Å². The van der Waals surface area contributed by atoms with Gasteiger partial charge in [0.2, 0.25) is 0 Å². The van der Waals surface area contributed by atoms with Gasteiger partial charge in [0.1, 0.15) is 12.1 Å². The van der Waals surface area contributed by atoms with Gasteiger partial charge in [-0.3, -0.25) is 9.69 Å². The van der Waals surface area contributed by atoms with Crippen LogP contribution < -0.4 is 11.3 Å². The van der Waals surface area contributed by atoms with Gasteiger partial charge in [-0.15, -0.1) is 0 Å². The van der Waals surface area contributed by atoms with Crippen molar-refractivity contribution in [1.82, 2.24) is 24.3 Å². The molecule has 7 nitrogen and oxygen atoms in total. The van der Waals surface area contributed by atoms with Crippen molar-refractivity contribution in [3.8, 4) is 11.3 Å². The standard InChI is InChI=1S/C21H28N6O/c1-25-4-2-17(3-5-25)26-10-14-6-16(12-26)19-7-15(8-21(28)27(19)11-14)18-9-20(22)24-13-23-18/h7-9,13-14,16-17H,2-6,10-12H2,1H3,(H2,22,23,24)/t14-,16+/m0/s1. The number of nitrogens with zero attached hydrogens (tertiary/aromatic N) is 5. The maximum absolute atomic E-state index is 12.9. The highest BCUT2D eigenvalue weighted by atomic mass is 16.1. The second-order valence-electron chi connectivity index (χ2n) is 8.73. The molecule has 0 saturated carbocycles. The Balaban J connectivity index is 1.46. The Hall–Kier alpha value is -2.25. The normalized spacial score (nSPS) is 26.2. The molecule has 2 bridgehead atoms. The largest absolute Gasteiger partial charge is 0.384 e. The summed E-state index contributed by atoms with van der Waals surface area (Å²) >= 11 is 0. The van der Waals surface area contributed by atoms with E-state index in [9.17, 15) is 4.79 Å². The third-order valence-corrected chi connectivity index (χ3v) is 6.77. The SMILES string of the molecule is CN1CCC(N2C[C@@H]3C[C@H](C2)c2cc(-c4cc(N)ncn4)cc(=O)n2C3)CC1. The van der Waals surface area contributed by atoms with E-state index >= 15 is 0 Å². The first-order chi connectivity index (χ1) is 13.6. The molecule has 7 heteroatoms. The van der Waals surface area contributed by atoms with Gasteiger partial charge in [-0.2, -0.15) is 0 Å². The molecule has 2 aromatic rings. The zero-order valence-electron chi connectivity index (χ0n) is 16.4. The number of fused-ring (bicyclic) bond motifs is 4. The van der Waals surface area contributed by atoms with E-state index in [0.717, 1.165) is 36.6 Å². The Morgan fingerprint density at radius 1 is 1.07 bits per heavy atom. The van der Waals surface area contributed by atoms with Crippen LogP contribution in [0.25, 0.3) is 11.3 Å².